The van der Waals surface area contributed by atoms with E-state index in [1.807, 2.05) is 6.07 Å². The van der Waals surface area contributed by atoms with Gasteiger partial charge in [-0.25, -0.2) is 4.39 Å². The lowest BCUT2D eigenvalue weighted by atomic mass is 9.98. The molecule has 13 heavy (non-hydrogen) atoms. The lowest BCUT2D eigenvalue weighted by molar-refractivity contribution is 0.369. The average Bonchev–Trinajstić information content (AvgIpc) is 2.04. The van der Waals surface area contributed by atoms with Crippen LogP contribution < -0.4 is 5.32 Å². The number of hydrogen-bond donors (Lipinski definition) is 1. The predicted molar refractivity (Wildman–Crippen MR) is 51.5 cm³/mol. The average molecular weight is 200 g/mol. The molecular weight excluding hydrogens is 189 g/mol. The number of halogens is 2. The summed E-state index contributed by atoms with van der Waals surface area (Å²) < 4.78 is 13.0. The first-order valence-electron chi connectivity index (χ1n) is 4.43. The smallest absolute Gasteiger partial charge is 0.142 e. The van der Waals surface area contributed by atoms with Gasteiger partial charge in [0.25, 0.3) is 0 Å². The van der Waals surface area contributed by atoms with Crippen molar-refractivity contribution in [1.29, 1.82) is 0 Å². The summed E-state index contributed by atoms with van der Waals surface area (Å²) in [6, 6.07) is 5.54. The Morgan fingerprint density at radius 2 is 2.31 bits per heavy atom. The van der Waals surface area contributed by atoms with Crippen LogP contribution in [0.1, 0.15) is 12.0 Å². The van der Waals surface area contributed by atoms with Crippen molar-refractivity contribution in [3.8, 4) is 0 Å². The molecule has 1 N–H and O–H groups in total. The highest BCUT2D eigenvalue weighted by Gasteiger charge is 2.16. The number of benzene rings is 1. The number of rotatable bonds is 2. The molecule has 1 atom stereocenters. The second-order valence-corrected chi connectivity index (χ2v) is 3.80. The van der Waals surface area contributed by atoms with Crippen molar-refractivity contribution in [3.63, 3.8) is 0 Å². The van der Waals surface area contributed by atoms with E-state index >= 15 is 0 Å². The Kier molecular flexibility index (Phi) is 2.51. The molecule has 1 aliphatic rings. The Bertz CT molecular complexity index is 310. The SMILES string of the molecule is Fc1cc(CC2CCN2)ccc1Cl. The third kappa shape index (κ3) is 2.01. The van der Waals surface area contributed by atoms with E-state index in [0.29, 0.717) is 6.04 Å². The van der Waals surface area contributed by atoms with Gasteiger partial charge in [0.1, 0.15) is 5.82 Å². The lowest BCUT2D eigenvalue weighted by Crippen LogP contribution is -2.44. The minimum Gasteiger partial charge on any atom is -0.314 e. The largest absolute Gasteiger partial charge is 0.314 e. The highest BCUT2D eigenvalue weighted by atomic mass is 35.5. The Hall–Kier alpha value is -0.600. The van der Waals surface area contributed by atoms with Crippen LogP contribution in [-0.2, 0) is 6.42 Å². The first kappa shape index (κ1) is 8.97. The molecule has 1 fully saturated rings. The maximum Gasteiger partial charge on any atom is 0.142 e. The zero-order valence-corrected chi connectivity index (χ0v) is 7.94. The molecule has 1 saturated heterocycles. The summed E-state index contributed by atoms with van der Waals surface area (Å²) in [5.41, 5.74) is 1.01. The summed E-state index contributed by atoms with van der Waals surface area (Å²) >= 11 is 5.57. The fourth-order valence-electron chi connectivity index (χ4n) is 1.47. The lowest BCUT2D eigenvalue weighted by Gasteiger charge is -2.27. The molecule has 0 amide bonds. The Balaban J connectivity index is 2.07. The molecule has 3 heteroatoms. The topological polar surface area (TPSA) is 12.0 Å². The van der Waals surface area contributed by atoms with E-state index < -0.39 is 0 Å². The normalized spacial score (nSPS) is 21.2. The summed E-state index contributed by atoms with van der Waals surface area (Å²) in [6.45, 7) is 1.08. The van der Waals surface area contributed by atoms with Gasteiger partial charge in [-0.2, -0.15) is 0 Å². The molecule has 1 aliphatic heterocycles. The molecule has 1 heterocycles. The fraction of sp³-hybridized carbons (Fsp3) is 0.400. The van der Waals surface area contributed by atoms with Crippen molar-refractivity contribution in [2.24, 2.45) is 0 Å². The fourth-order valence-corrected chi connectivity index (χ4v) is 1.59. The van der Waals surface area contributed by atoms with Crippen LogP contribution in [0, 0.1) is 5.82 Å². The first-order valence-corrected chi connectivity index (χ1v) is 4.81. The van der Waals surface area contributed by atoms with Crippen LogP contribution in [0.5, 0.6) is 0 Å². The second-order valence-electron chi connectivity index (χ2n) is 3.39. The van der Waals surface area contributed by atoms with E-state index in [1.54, 1.807) is 6.07 Å². The zero-order chi connectivity index (χ0) is 9.26. The van der Waals surface area contributed by atoms with Gasteiger partial charge >= 0.3 is 0 Å². The minimum absolute atomic E-state index is 0.199. The van der Waals surface area contributed by atoms with Crippen LogP contribution in [0.2, 0.25) is 5.02 Å². The van der Waals surface area contributed by atoms with Gasteiger partial charge in [-0.15, -0.1) is 0 Å². The van der Waals surface area contributed by atoms with Crippen LogP contribution in [0.4, 0.5) is 4.39 Å². The van der Waals surface area contributed by atoms with E-state index in [2.05, 4.69) is 5.32 Å². The standard InChI is InChI=1S/C10H11ClFN/c11-9-2-1-7(6-10(9)12)5-8-3-4-13-8/h1-2,6,8,13H,3-5H2. The summed E-state index contributed by atoms with van der Waals surface area (Å²) in [7, 11) is 0. The molecule has 2 rings (SSSR count). The van der Waals surface area contributed by atoms with Crippen molar-refractivity contribution in [3.05, 3.63) is 34.6 Å². The van der Waals surface area contributed by atoms with Gasteiger partial charge in [-0.1, -0.05) is 17.7 Å². The van der Waals surface area contributed by atoms with E-state index in [4.69, 9.17) is 11.6 Å². The van der Waals surface area contributed by atoms with Gasteiger partial charge in [-0.05, 0) is 37.1 Å². The van der Waals surface area contributed by atoms with Crippen molar-refractivity contribution < 1.29 is 4.39 Å². The van der Waals surface area contributed by atoms with E-state index in [9.17, 15) is 4.39 Å². The molecule has 70 valence electrons. The first-order chi connectivity index (χ1) is 6.25. The maximum absolute atomic E-state index is 13.0. The molecule has 1 aromatic rings. The highest BCUT2D eigenvalue weighted by molar-refractivity contribution is 6.30. The molecule has 0 bridgehead atoms. The quantitative estimate of drug-likeness (QED) is 0.771. The molecule has 0 spiro atoms. The monoisotopic (exact) mass is 199 g/mol. The van der Waals surface area contributed by atoms with Crippen LogP contribution in [0.3, 0.4) is 0 Å². The Morgan fingerprint density at radius 1 is 1.54 bits per heavy atom. The molecule has 1 aromatic carbocycles. The number of nitrogens with one attached hydrogen (secondary N) is 1. The van der Waals surface area contributed by atoms with Gasteiger partial charge < -0.3 is 5.32 Å². The Labute approximate surface area is 81.9 Å². The van der Waals surface area contributed by atoms with E-state index in [-0.39, 0.29) is 10.8 Å². The van der Waals surface area contributed by atoms with Gasteiger partial charge in [0.2, 0.25) is 0 Å². The zero-order valence-electron chi connectivity index (χ0n) is 7.19. The summed E-state index contributed by atoms with van der Waals surface area (Å²) in [6.07, 6.45) is 2.08. The third-order valence-corrected chi connectivity index (χ3v) is 2.70. The summed E-state index contributed by atoms with van der Waals surface area (Å²) in [5.74, 6) is -0.321. The van der Waals surface area contributed by atoms with Crippen molar-refractivity contribution in [2.45, 2.75) is 18.9 Å². The van der Waals surface area contributed by atoms with Crippen LogP contribution in [0.15, 0.2) is 18.2 Å². The Morgan fingerprint density at radius 3 is 2.85 bits per heavy atom. The summed E-state index contributed by atoms with van der Waals surface area (Å²) in [4.78, 5) is 0. The molecule has 0 aromatic heterocycles. The minimum atomic E-state index is -0.321. The van der Waals surface area contributed by atoms with Gasteiger partial charge in [0.15, 0.2) is 0 Å². The number of hydrogen-bond acceptors (Lipinski definition) is 1. The van der Waals surface area contributed by atoms with Crippen LogP contribution >= 0.6 is 11.6 Å². The molecular formula is C10H11ClFN. The molecule has 0 radical (unpaired) electrons. The second kappa shape index (κ2) is 3.64. The van der Waals surface area contributed by atoms with Crippen LogP contribution in [-0.4, -0.2) is 12.6 Å². The third-order valence-electron chi connectivity index (χ3n) is 2.39. The highest BCUT2D eigenvalue weighted by Crippen LogP contribution is 2.18. The van der Waals surface area contributed by atoms with Crippen molar-refractivity contribution in [2.75, 3.05) is 6.54 Å². The molecule has 1 nitrogen and oxygen atoms in total. The molecule has 1 unspecified atom stereocenters. The summed E-state index contributed by atoms with van der Waals surface area (Å²) in [5, 5.41) is 3.47. The van der Waals surface area contributed by atoms with E-state index in [1.165, 1.54) is 12.5 Å². The molecule has 0 aliphatic carbocycles. The maximum atomic E-state index is 13.0. The van der Waals surface area contributed by atoms with Gasteiger partial charge in [0.05, 0.1) is 5.02 Å². The van der Waals surface area contributed by atoms with Gasteiger partial charge in [-0.3, -0.25) is 0 Å². The predicted octanol–water partition coefficient (Wildman–Crippen LogP) is 2.38. The van der Waals surface area contributed by atoms with Crippen molar-refractivity contribution in [1.82, 2.24) is 5.32 Å². The molecule has 0 saturated carbocycles. The van der Waals surface area contributed by atoms with Crippen LogP contribution in [0.25, 0.3) is 0 Å². The van der Waals surface area contributed by atoms with Crippen molar-refractivity contribution >= 4 is 11.6 Å². The van der Waals surface area contributed by atoms with Gasteiger partial charge in [0, 0.05) is 6.04 Å². The van der Waals surface area contributed by atoms with E-state index in [0.717, 1.165) is 18.5 Å².